The Balaban J connectivity index is 2.76. The summed E-state index contributed by atoms with van der Waals surface area (Å²) in [6.45, 7) is 2.92. The first-order chi connectivity index (χ1) is 8.26. The number of nitrogens with two attached hydrogens (primary N) is 1. The zero-order valence-electron chi connectivity index (χ0n) is 11.3. The first-order valence-electron chi connectivity index (χ1n) is 6.17. The molecule has 0 aliphatic carbocycles. The summed E-state index contributed by atoms with van der Waals surface area (Å²) in [4.78, 5) is 15.2. The van der Waals surface area contributed by atoms with Crippen molar-refractivity contribution >= 4 is 15.7 Å². The summed E-state index contributed by atoms with van der Waals surface area (Å²) >= 11 is 0. The van der Waals surface area contributed by atoms with Crippen LogP contribution in [0.1, 0.15) is 13.3 Å². The Morgan fingerprint density at radius 3 is 2.33 bits per heavy atom. The third-order valence-electron chi connectivity index (χ3n) is 3.18. The molecule has 18 heavy (non-hydrogen) atoms. The highest BCUT2D eigenvalue weighted by atomic mass is 32.2. The molecule has 1 aliphatic heterocycles. The van der Waals surface area contributed by atoms with Gasteiger partial charge in [-0.2, -0.15) is 0 Å². The molecule has 1 aliphatic rings. The molecule has 1 saturated heterocycles. The first-order valence-corrected chi connectivity index (χ1v) is 7.99. The van der Waals surface area contributed by atoms with Crippen LogP contribution >= 0.6 is 0 Å². The van der Waals surface area contributed by atoms with Crippen molar-refractivity contribution in [2.75, 3.05) is 38.7 Å². The number of amides is 1. The maximum Gasteiger partial charge on any atom is 0.236 e. The predicted molar refractivity (Wildman–Crippen MR) is 71.0 cm³/mol. The highest BCUT2D eigenvalue weighted by molar-refractivity contribution is 7.91. The van der Waals surface area contributed by atoms with Crippen LogP contribution in [0.15, 0.2) is 0 Å². The van der Waals surface area contributed by atoms with Gasteiger partial charge < -0.3 is 10.6 Å². The molecule has 1 heterocycles. The van der Waals surface area contributed by atoms with Crippen LogP contribution in [0.25, 0.3) is 0 Å². The topological polar surface area (TPSA) is 83.7 Å². The smallest absolute Gasteiger partial charge is 0.236 e. The minimum atomic E-state index is -3.06. The molecule has 2 atom stereocenters. The van der Waals surface area contributed by atoms with Gasteiger partial charge in [0.2, 0.25) is 5.91 Å². The van der Waals surface area contributed by atoms with Gasteiger partial charge in [-0.05, 0) is 13.0 Å². The number of rotatable bonds is 5. The van der Waals surface area contributed by atoms with E-state index in [2.05, 4.69) is 0 Å². The van der Waals surface area contributed by atoms with Crippen LogP contribution < -0.4 is 5.73 Å². The molecule has 0 bridgehead atoms. The quantitative estimate of drug-likeness (QED) is 0.690. The molecule has 0 spiro atoms. The largest absolute Gasteiger partial charge is 0.348 e. The minimum Gasteiger partial charge on any atom is -0.348 e. The number of hydrogen-bond acceptors (Lipinski definition) is 5. The summed E-state index contributed by atoms with van der Waals surface area (Å²) in [7, 11) is 0.329. The average Bonchev–Trinajstić information content (AvgIpc) is 2.51. The lowest BCUT2D eigenvalue weighted by Crippen LogP contribution is -2.50. The van der Waals surface area contributed by atoms with E-state index in [0.717, 1.165) is 6.42 Å². The lowest BCUT2D eigenvalue weighted by atomic mass is 10.1. The molecule has 0 aromatic carbocycles. The van der Waals surface area contributed by atoms with Crippen molar-refractivity contribution in [1.29, 1.82) is 0 Å². The molecule has 0 saturated carbocycles. The molecule has 1 fully saturated rings. The van der Waals surface area contributed by atoms with Crippen molar-refractivity contribution in [3.63, 3.8) is 0 Å². The van der Waals surface area contributed by atoms with E-state index in [-0.39, 0.29) is 30.0 Å². The Morgan fingerprint density at radius 1 is 1.33 bits per heavy atom. The van der Waals surface area contributed by atoms with Crippen molar-refractivity contribution < 1.29 is 13.2 Å². The van der Waals surface area contributed by atoms with Crippen LogP contribution in [0.4, 0.5) is 0 Å². The van der Waals surface area contributed by atoms with Crippen LogP contribution in [0, 0.1) is 0 Å². The van der Waals surface area contributed by atoms with Crippen LogP contribution in [-0.2, 0) is 14.6 Å². The van der Waals surface area contributed by atoms with Crippen molar-refractivity contribution in [3.05, 3.63) is 0 Å². The first kappa shape index (κ1) is 15.4. The van der Waals surface area contributed by atoms with Crippen LogP contribution in [0.2, 0.25) is 0 Å². The van der Waals surface area contributed by atoms with Crippen molar-refractivity contribution in [2.45, 2.75) is 25.4 Å². The SMILES string of the molecule is CCCN(CC(=O)N(C)C)C1CS(=O)(=O)CC1N. The van der Waals surface area contributed by atoms with Crippen molar-refractivity contribution in [1.82, 2.24) is 9.80 Å². The third kappa shape index (κ3) is 3.93. The summed E-state index contributed by atoms with van der Waals surface area (Å²) in [6.07, 6.45) is 0.865. The van der Waals surface area contributed by atoms with Gasteiger partial charge >= 0.3 is 0 Å². The maximum atomic E-state index is 11.7. The molecule has 0 radical (unpaired) electrons. The third-order valence-corrected chi connectivity index (χ3v) is 4.92. The van der Waals surface area contributed by atoms with Gasteiger partial charge in [0.15, 0.2) is 9.84 Å². The van der Waals surface area contributed by atoms with Crippen LogP contribution in [-0.4, -0.2) is 74.9 Å². The van der Waals surface area contributed by atoms with Gasteiger partial charge in [-0.25, -0.2) is 8.42 Å². The highest BCUT2D eigenvalue weighted by Crippen LogP contribution is 2.17. The summed E-state index contributed by atoms with van der Waals surface area (Å²) in [6, 6.07) is -0.629. The minimum absolute atomic E-state index is 0.0219. The molecule has 2 N–H and O–H groups in total. The molecule has 7 heteroatoms. The predicted octanol–water partition coefficient (Wildman–Crippen LogP) is -1.09. The number of sulfone groups is 1. The number of nitrogens with zero attached hydrogens (tertiary/aromatic N) is 2. The molecule has 1 amide bonds. The van der Waals surface area contributed by atoms with E-state index >= 15 is 0 Å². The second kappa shape index (κ2) is 5.99. The van der Waals surface area contributed by atoms with E-state index in [1.165, 1.54) is 4.90 Å². The summed E-state index contributed by atoms with van der Waals surface area (Å²) < 4.78 is 23.2. The fourth-order valence-corrected chi connectivity index (χ4v) is 4.12. The number of likely N-dealkylation sites (N-methyl/N-ethyl adjacent to an activating group) is 1. The molecule has 2 unspecified atom stereocenters. The zero-order valence-corrected chi connectivity index (χ0v) is 12.1. The fraction of sp³-hybridized carbons (Fsp3) is 0.909. The zero-order chi connectivity index (χ0) is 13.9. The van der Waals surface area contributed by atoms with E-state index in [1.54, 1.807) is 14.1 Å². The van der Waals surface area contributed by atoms with Crippen molar-refractivity contribution in [2.24, 2.45) is 5.73 Å². The molecular formula is C11H23N3O3S. The Kier molecular flexibility index (Phi) is 5.12. The summed E-state index contributed by atoms with van der Waals surface area (Å²) in [5.74, 6) is 0.0584. The van der Waals surface area contributed by atoms with Gasteiger partial charge in [-0.3, -0.25) is 9.69 Å². The Morgan fingerprint density at radius 2 is 1.94 bits per heavy atom. The van der Waals surface area contributed by atoms with E-state index in [1.807, 2.05) is 11.8 Å². The standard InChI is InChI=1S/C11H23N3O3S/c1-4-5-14(6-11(15)13(2)3)10-8-18(16,17)7-9(10)12/h9-10H,4-8,12H2,1-3H3. The molecule has 106 valence electrons. The Bertz CT molecular complexity index is 394. The van der Waals surface area contributed by atoms with E-state index < -0.39 is 15.9 Å². The lowest BCUT2D eigenvalue weighted by Gasteiger charge is -2.30. The normalized spacial score (nSPS) is 26.5. The van der Waals surface area contributed by atoms with Gasteiger partial charge in [-0.15, -0.1) is 0 Å². The van der Waals surface area contributed by atoms with Gasteiger partial charge in [0.25, 0.3) is 0 Å². The molecule has 1 rings (SSSR count). The molecule has 0 aromatic rings. The highest BCUT2D eigenvalue weighted by Gasteiger charge is 2.39. The van der Waals surface area contributed by atoms with Gasteiger partial charge in [0, 0.05) is 26.2 Å². The van der Waals surface area contributed by atoms with Gasteiger partial charge in [0.05, 0.1) is 18.1 Å². The van der Waals surface area contributed by atoms with Crippen LogP contribution in [0.5, 0.6) is 0 Å². The van der Waals surface area contributed by atoms with E-state index in [9.17, 15) is 13.2 Å². The lowest BCUT2D eigenvalue weighted by molar-refractivity contribution is -0.130. The maximum absolute atomic E-state index is 11.7. The van der Waals surface area contributed by atoms with E-state index in [4.69, 9.17) is 5.73 Å². The number of carbonyl (C=O) groups excluding carboxylic acids is 1. The number of hydrogen-bond donors (Lipinski definition) is 1. The molecule has 6 nitrogen and oxygen atoms in total. The van der Waals surface area contributed by atoms with Crippen molar-refractivity contribution in [3.8, 4) is 0 Å². The monoisotopic (exact) mass is 277 g/mol. The fourth-order valence-electron chi connectivity index (χ4n) is 2.20. The average molecular weight is 277 g/mol. The second-order valence-corrected chi connectivity index (χ2v) is 7.22. The van der Waals surface area contributed by atoms with E-state index in [0.29, 0.717) is 6.54 Å². The summed E-state index contributed by atoms with van der Waals surface area (Å²) in [5, 5.41) is 0. The van der Waals surface area contributed by atoms with Gasteiger partial charge in [0.1, 0.15) is 0 Å². The Hall–Kier alpha value is -0.660. The summed E-state index contributed by atoms with van der Waals surface area (Å²) in [5.41, 5.74) is 5.89. The van der Waals surface area contributed by atoms with Crippen LogP contribution in [0.3, 0.4) is 0 Å². The molecular weight excluding hydrogens is 254 g/mol. The molecule has 0 aromatic heterocycles. The second-order valence-electron chi connectivity index (χ2n) is 5.07. The van der Waals surface area contributed by atoms with Gasteiger partial charge in [-0.1, -0.05) is 6.92 Å². The Labute approximate surface area is 109 Å². The number of carbonyl (C=O) groups is 1.